The number of anilines is 3. The first-order valence-corrected chi connectivity index (χ1v) is 9.17. The summed E-state index contributed by atoms with van der Waals surface area (Å²) < 4.78 is 0. The molecule has 0 radical (unpaired) electrons. The van der Waals surface area contributed by atoms with Crippen molar-refractivity contribution in [2.75, 3.05) is 28.6 Å². The quantitative estimate of drug-likeness (QED) is 0.857. The van der Waals surface area contributed by atoms with Crippen LogP contribution in [0.5, 0.6) is 0 Å². The maximum absolute atomic E-state index is 12.2. The van der Waals surface area contributed by atoms with Gasteiger partial charge in [-0.25, -0.2) is 14.8 Å². The molecule has 1 aliphatic rings. The highest BCUT2D eigenvalue weighted by atomic mass is 16.2. The van der Waals surface area contributed by atoms with Crippen LogP contribution < -0.4 is 15.5 Å². The van der Waals surface area contributed by atoms with Crippen LogP contribution in [0.15, 0.2) is 36.7 Å². The number of hydrogen-bond donors (Lipinski definition) is 2. The van der Waals surface area contributed by atoms with Gasteiger partial charge in [0.15, 0.2) is 0 Å². The highest BCUT2D eigenvalue weighted by molar-refractivity contribution is 5.99. The summed E-state index contributed by atoms with van der Waals surface area (Å²) in [6, 6.07) is 7.59. The molecule has 0 aliphatic carbocycles. The van der Waals surface area contributed by atoms with E-state index in [9.17, 15) is 4.79 Å². The van der Waals surface area contributed by atoms with E-state index in [2.05, 4.69) is 46.3 Å². The van der Waals surface area contributed by atoms with Gasteiger partial charge in [-0.3, -0.25) is 0 Å². The largest absolute Gasteiger partial charge is 0.341 e. The van der Waals surface area contributed by atoms with Crippen molar-refractivity contribution in [3.8, 4) is 0 Å². The third kappa shape index (κ3) is 4.71. The zero-order valence-corrected chi connectivity index (χ0v) is 15.7. The molecule has 1 aromatic carbocycles. The molecule has 1 fully saturated rings. The van der Waals surface area contributed by atoms with Gasteiger partial charge in [-0.2, -0.15) is 0 Å². The van der Waals surface area contributed by atoms with Crippen LogP contribution in [0.25, 0.3) is 0 Å². The molecule has 6 heteroatoms. The lowest BCUT2D eigenvalue weighted by atomic mass is 9.87. The summed E-state index contributed by atoms with van der Waals surface area (Å²) >= 11 is 0. The van der Waals surface area contributed by atoms with E-state index in [1.54, 1.807) is 12.4 Å². The van der Waals surface area contributed by atoms with Crippen LogP contribution >= 0.6 is 0 Å². The fourth-order valence-electron chi connectivity index (χ4n) is 2.99. The number of piperidine rings is 1. The summed E-state index contributed by atoms with van der Waals surface area (Å²) in [6.45, 7) is 8.48. The van der Waals surface area contributed by atoms with Crippen molar-refractivity contribution in [3.05, 3.63) is 42.2 Å². The standard InChI is InChI=1S/C20H27N5O/c1-20(2,3)15-7-9-16(10-8-15)23-19(26)24-17-13-21-18(22-14-17)25-11-5-4-6-12-25/h7-10,13-14H,4-6,11-12H2,1-3H3,(H2,23,24,26). The van der Waals surface area contributed by atoms with E-state index in [0.717, 1.165) is 24.7 Å². The van der Waals surface area contributed by atoms with Crippen molar-refractivity contribution in [3.63, 3.8) is 0 Å². The van der Waals surface area contributed by atoms with Crippen LogP contribution in [0.3, 0.4) is 0 Å². The Morgan fingerprint density at radius 1 is 0.923 bits per heavy atom. The first kappa shape index (κ1) is 18.2. The monoisotopic (exact) mass is 353 g/mol. The number of benzene rings is 1. The molecule has 2 heterocycles. The lowest BCUT2D eigenvalue weighted by Crippen LogP contribution is -2.31. The molecule has 0 atom stereocenters. The van der Waals surface area contributed by atoms with Crippen molar-refractivity contribution >= 4 is 23.4 Å². The van der Waals surface area contributed by atoms with Gasteiger partial charge in [0.2, 0.25) is 5.95 Å². The molecule has 2 aromatic rings. The smallest absolute Gasteiger partial charge is 0.323 e. The van der Waals surface area contributed by atoms with E-state index in [1.165, 1.54) is 24.8 Å². The zero-order chi connectivity index (χ0) is 18.6. The Morgan fingerprint density at radius 3 is 2.08 bits per heavy atom. The third-order valence-electron chi connectivity index (χ3n) is 4.54. The van der Waals surface area contributed by atoms with E-state index >= 15 is 0 Å². The summed E-state index contributed by atoms with van der Waals surface area (Å²) in [4.78, 5) is 23.1. The molecule has 0 saturated carbocycles. The van der Waals surface area contributed by atoms with Gasteiger partial charge in [0.25, 0.3) is 0 Å². The van der Waals surface area contributed by atoms with Gasteiger partial charge < -0.3 is 15.5 Å². The fourth-order valence-corrected chi connectivity index (χ4v) is 2.99. The van der Waals surface area contributed by atoms with Crippen LogP contribution in [0.4, 0.5) is 22.1 Å². The Bertz CT molecular complexity index is 728. The van der Waals surface area contributed by atoms with Crippen molar-refractivity contribution in [1.82, 2.24) is 9.97 Å². The fraction of sp³-hybridized carbons (Fsp3) is 0.450. The molecule has 1 aromatic heterocycles. The minimum atomic E-state index is -0.303. The Morgan fingerprint density at radius 2 is 1.50 bits per heavy atom. The predicted octanol–water partition coefficient (Wildman–Crippen LogP) is 4.41. The Labute approximate surface area is 155 Å². The molecular weight excluding hydrogens is 326 g/mol. The van der Waals surface area contributed by atoms with Gasteiger partial charge >= 0.3 is 6.03 Å². The normalized spacial score (nSPS) is 14.8. The van der Waals surface area contributed by atoms with Gasteiger partial charge in [-0.15, -0.1) is 0 Å². The molecule has 1 saturated heterocycles. The SMILES string of the molecule is CC(C)(C)c1ccc(NC(=O)Nc2cnc(N3CCCCC3)nc2)cc1. The average Bonchev–Trinajstić information content (AvgIpc) is 2.63. The number of nitrogens with one attached hydrogen (secondary N) is 2. The van der Waals surface area contributed by atoms with Crippen molar-refractivity contribution in [2.24, 2.45) is 0 Å². The lowest BCUT2D eigenvalue weighted by molar-refractivity contribution is 0.262. The van der Waals surface area contributed by atoms with Gasteiger partial charge in [-0.05, 0) is 42.4 Å². The van der Waals surface area contributed by atoms with Crippen LogP contribution in [-0.2, 0) is 5.41 Å². The van der Waals surface area contributed by atoms with E-state index in [0.29, 0.717) is 5.69 Å². The van der Waals surface area contributed by atoms with Crippen LogP contribution in [-0.4, -0.2) is 29.1 Å². The molecule has 26 heavy (non-hydrogen) atoms. The van der Waals surface area contributed by atoms with Gasteiger partial charge in [-0.1, -0.05) is 32.9 Å². The molecule has 0 bridgehead atoms. The Kier molecular flexibility index (Phi) is 5.40. The van der Waals surface area contributed by atoms with Crippen LogP contribution in [0, 0.1) is 0 Å². The molecular formula is C20H27N5O. The number of carbonyl (C=O) groups excluding carboxylic acids is 1. The highest BCUT2D eigenvalue weighted by Gasteiger charge is 2.14. The number of rotatable bonds is 3. The third-order valence-corrected chi connectivity index (χ3v) is 4.54. The zero-order valence-electron chi connectivity index (χ0n) is 15.7. The van der Waals surface area contributed by atoms with E-state index in [1.807, 2.05) is 24.3 Å². The molecule has 0 unspecified atom stereocenters. The molecule has 2 amide bonds. The van der Waals surface area contributed by atoms with E-state index in [4.69, 9.17) is 0 Å². The minimum absolute atomic E-state index is 0.0915. The Hall–Kier alpha value is -2.63. The summed E-state index contributed by atoms with van der Waals surface area (Å²) in [6.07, 6.45) is 6.94. The number of aromatic nitrogens is 2. The first-order chi connectivity index (χ1) is 12.4. The van der Waals surface area contributed by atoms with Crippen LogP contribution in [0.2, 0.25) is 0 Å². The van der Waals surface area contributed by atoms with Crippen molar-refractivity contribution < 1.29 is 4.79 Å². The summed E-state index contributed by atoms with van der Waals surface area (Å²) in [5.41, 5.74) is 2.65. The summed E-state index contributed by atoms with van der Waals surface area (Å²) in [5, 5.41) is 5.60. The van der Waals surface area contributed by atoms with Crippen LogP contribution in [0.1, 0.15) is 45.6 Å². The van der Waals surface area contributed by atoms with E-state index in [-0.39, 0.29) is 11.4 Å². The molecule has 0 spiro atoms. The molecule has 2 N–H and O–H groups in total. The first-order valence-electron chi connectivity index (χ1n) is 9.17. The van der Waals surface area contributed by atoms with Gasteiger partial charge in [0.1, 0.15) is 0 Å². The van der Waals surface area contributed by atoms with Gasteiger partial charge in [0, 0.05) is 18.8 Å². The van der Waals surface area contributed by atoms with E-state index < -0.39 is 0 Å². The summed E-state index contributed by atoms with van der Waals surface area (Å²) in [5.74, 6) is 0.730. The summed E-state index contributed by atoms with van der Waals surface area (Å²) in [7, 11) is 0. The topological polar surface area (TPSA) is 70.2 Å². The lowest BCUT2D eigenvalue weighted by Gasteiger charge is -2.26. The molecule has 6 nitrogen and oxygen atoms in total. The van der Waals surface area contributed by atoms with Crippen molar-refractivity contribution in [2.45, 2.75) is 45.4 Å². The Balaban J connectivity index is 1.56. The number of carbonyl (C=O) groups is 1. The second-order valence-electron chi connectivity index (χ2n) is 7.73. The number of nitrogens with zero attached hydrogens (tertiary/aromatic N) is 3. The van der Waals surface area contributed by atoms with Gasteiger partial charge in [0.05, 0.1) is 18.1 Å². The predicted molar refractivity (Wildman–Crippen MR) is 106 cm³/mol. The molecule has 3 rings (SSSR count). The number of urea groups is 1. The molecule has 1 aliphatic heterocycles. The van der Waals surface area contributed by atoms with Crippen molar-refractivity contribution in [1.29, 1.82) is 0 Å². The second-order valence-corrected chi connectivity index (χ2v) is 7.73. The highest BCUT2D eigenvalue weighted by Crippen LogP contribution is 2.23. The molecule has 138 valence electrons. The number of hydrogen-bond acceptors (Lipinski definition) is 4. The minimum Gasteiger partial charge on any atom is -0.341 e. The average molecular weight is 353 g/mol. The number of amides is 2. The second kappa shape index (κ2) is 7.72. The maximum Gasteiger partial charge on any atom is 0.323 e. The maximum atomic E-state index is 12.2.